The smallest absolute Gasteiger partial charge is 0.310 e. The SMILES string of the molecule is COC(=O)C1CCCN(C(=O)c2ccc(OC)c(Br)c2)C1. The van der Waals surface area contributed by atoms with Gasteiger partial charge in [0.05, 0.1) is 24.6 Å². The molecule has 1 heterocycles. The van der Waals surface area contributed by atoms with Gasteiger partial charge in [0, 0.05) is 18.7 Å². The number of nitrogens with zero attached hydrogens (tertiary/aromatic N) is 1. The highest BCUT2D eigenvalue weighted by molar-refractivity contribution is 9.10. The van der Waals surface area contributed by atoms with Crippen molar-refractivity contribution in [3.05, 3.63) is 28.2 Å². The van der Waals surface area contributed by atoms with Gasteiger partial charge in [-0.05, 0) is 47.0 Å². The largest absolute Gasteiger partial charge is 0.496 e. The molecule has 1 fully saturated rings. The van der Waals surface area contributed by atoms with Crippen LogP contribution in [0.15, 0.2) is 22.7 Å². The van der Waals surface area contributed by atoms with Gasteiger partial charge in [0.15, 0.2) is 0 Å². The van der Waals surface area contributed by atoms with Gasteiger partial charge in [0.25, 0.3) is 5.91 Å². The third-order valence-electron chi connectivity index (χ3n) is 3.64. The Morgan fingerprint density at radius 3 is 2.71 bits per heavy atom. The highest BCUT2D eigenvalue weighted by Gasteiger charge is 2.29. The van der Waals surface area contributed by atoms with Crippen molar-refractivity contribution < 1.29 is 19.1 Å². The lowest BCUT2D eigenvalue weighted by Crippen LogP contribution is -2.42. The number of halogens is 1. The number of carbonyl (C=O) groups excluding carboxylic acids is 2. The summed E-state index contributed by atoms with van der Waals surface area (Å²) in [5.41, 5.74) is 0.577. The third kappa shape index (κ3) is 3.56. The summed E-state index contributed by atoms with van der Waals surface area (Å²) in [6.45, 7) is 1.07. The van der Waals surface area contributed by atoms with E-state index < -0.39 is 0 Å². The Bertz CT molecular complexity index is 546. The van der Waals surface area contributed by atoms with E-state index in [4.69, 9.17) is 9.47 Å². The standard InChI is InChI=1S/C15H18BrNO4/c1-20-13-6-5-10(8-12(13)16)14(18)17-7-3-4-11(9-17)15(19)21-2/h5-6,8,11H,3-4,7,9H2,1-2H3. The lowest BCUT2D eigenvalue weighted by atomic mass is 9.97. The molecule has 0 aliphatic carbocycles. The molecule has 0 N–H and O–H groups in total. The van der Waals surface area contributed by atoms with Gasteiger partial charge in [0.1, 0.15) is 5.75 Å². The van der Waals surface area contributed by atoms with E-state index in [2.05, 4.69) is 15.9 Å². The van der Waals surface area contributed by atoms with Crippen molar-refractivity contribution in [3.8, 4) is 5.75 Å². The Morgan fingerprint density at radius 2 is 2.10 bits per heavy atom. The van der Waals surface area contributed by atoms with Crippen molar-refractivity contribution in [2.45, 2.75) is 12.8 Å². The lowest BCUT2D eigenvalue weighted by molar-refractivity contribution is -0.146. The van der Waals surface area contributed by atoms with E-state index in [1.54, 1.807) is 30.2 Å². The van der Waals surface area contributed by atoms with Gasteiger partial charge in [-0.3, -0.25) is 9.59 Å². The summed E-state index contributed by atoms with van der Waals surface area (Å²) >= 11 is 3.38. The molecule has 0 aromatic heterocycles. The van der Waals surface area contributed by atoms with Crippen LogP contribution in [0.3, 0.4) is 0 Å². The molecular weight excluding hydrogens is 338 g/mol. The Kier molecular flexibility index (Phi) is 5.22. The maximum atomic E-state index is 12.5. The highest BCUT2D eigenvalue weighted by atomic mass is 79.9. The van der Waals surface area contributed by atoms with Crippen LogP contribution in [0.5, 0.6) is 5.75 Å². The summed E-state index contributed by atoms with van der Waals surface area (Å²) in [7, 11) is 2.96. The minimum absolute atomic E-state index is 0.0769. The van der Waals surface area contributed by atoms with Gasteiger partial charge in [-0.25, -0.2) is 0 Å². The summed E-state index contributed by atoms with van der Waals surface area (Å²) in [5, 5.41) is 0. The van der Waals surface area contributed by atoms with Gasteiger partial charge in [-0.2, -0.15) is 0 Å². The predicted molar refractivity (Wildman–Crippen MR) is 81.3 cm³/mol. The minimum Gasteiger partial charge on any atom is -0.496 e. The first-order valence-corrected chi connectivity index (χ1v) is 7.56. The molecule has 1 amide bonds. The number of hydrogen-bond donors (Lipinski definition) is 0. The molecule has 1 saturated heterocycles. The highest BCUT2D eigenvalue weighted by Crippen LogP contribution is 2.27. The van der Waals surface area contributed by atoms with Gasteiger partial charge in [-0.15, -0.1) is 0 Å². The van der Waals surface area contributed by atoms with Gasteiger partial charge in [-0.1, -0.05) is 0 Å². The molecule has 0 radical (unpaired) electrons. The second-order valence-corrected chi connectivity index (χ2v) is 5.82. The van der Waals surface area contributed by atoms with Crippen LogP contribution >= 0.6 is 15.9 Å². The van der Waals surface area contributed by atoms with Crippen molar-refractivity contribution in [1.29, 1.82) is 0 Å². The molecule has 114 valence electrons. The first-order valence-electron chi connectivity index (χ1n) is 6.77. The fourth-order valence-electron chi connectivity index (χ4n) is 2.50. The average molecular weight is 356 g/mol. The number of likely N-dealkylation sites (tertiary alicyclic amines) is 1. The molecule has 0 saturated carbocycles. The van der Waals surface area contributed by atoms with E-state index in [9.17, 15) is 9.59 Å². The molecule has 0 spiro atoms. The van der Waals surface area contributed by atoms with Crippen LogP contribution in [0.2, 0.25) is 0 Å². The minimum atomic E-state index is -0.247. The monoisotopic (exact) mass is 355 g/mol. The zero-order chi connectivity index (χ0) is 15.4. The molecule has 1 aliphatic rings. The molecular formula is C15H18BrNO4. The molecule has 1 aliphatic heterocycles. The normalized spacial score (nSPS) is 18.2. The van der Waals surface area contributed by atoms with Crippen LogP contribution in [-0.4, -0.2) is 44.1 Å². The predicted octanol–water partition coefficient (Wildman–Crippen LogP) is 2.48. The number of rotatable bonds is 3. The molecule has 2 rings (SSSR count). The molecule has 5 nitrogen and oxygen atoms in total. The van der Waals surface area contributed by atoms with Crippen LogP contribution < -0.4 is 4.74 Å². The van der Waals surface area contributed by atoms with E-state index in [1.807, 2.05) is 0 Å². The Labute approximate surface area is 132 Å². The molecule has 0 bridgehead atoms. The van der Waals surface area contributed by atoms with Crippen LogP contribution in [0.4, 0.5) is 0 Å². The van der Waals surface area contributed by atoms with Crippen molar-refractivity contribution >= 4 is 27.8 Å². The molecule has 1 aromatic carbocycles. The molecule has 1 unspecified atom stereocenters. The number of carbonyl (C=O) groups is 2. The molecule has 21 heavy (non-hydrogen) atoms. The zero-order valence-corrected chi connectivity index (χ0v) is 13.7. The Hall–Kier alpha value is -1.56. The van der Waals surface area contributed by atoms with E-state index in [1.165, 1.54) is 7.11 Å². The Balaban J connectivity index is 2.12. The molecule has 1 aromatic rings. The van der Waals surface area contributed by atoms with Crippen molar-refractivity contribution in [3.63, 3.8) is 0 Å². The second kappa shape index (κ2) is 6.93. The number of methoxy groups -OCH3 is 2. The number of benzene rings is 1. The first-order chi connectivity index (χ1) is 10.1. The number of hydrogen-bond acceptors (Lipinski definition) is 4. The average Bonchev–Trinajstić information content (AvgIpc) is 2.53. The maximum absolute atomic E-state index is 12.5. The number of amides is 1. The quantitative estimate of drug-likeness (QED) is 0.781. The summed E-state index contributed by atoms with van der Waals surface area (Å²) in [4.78, 5) is 25.9. The fourth-order valence-corrected chi connectivity index (χ4v) is 3.04. The van der Waals surface area contributed by atoms with Gasteiger partial charge >= 0.3 is 5.97 Å². The van der Waals surface area contributed by atoms with E-state index >= 15 is 0 Å². The number of ether oxygens (including phenoxy) is 2. The van der Waals surface area contributed by atoms with Crippen LogP contribution in [0, 0.1) is 5.92 Å². The maximum Gasteiger partial charge on any atom is 0.310 e. The van der Waals surface area contributed by atoms with Crippen molar-refractivity contribution in [2.24, 2.45) is 5.92 Å². The third-order valence-corrected chi connectivity index (χ3v) is 4.26. The summed E-state index contributed by atoms with van der Waals surface area (Å²) in [6.07, 6.45) is 1.57. The van der Waals surface area contributed by atoms with Crippen molar-refractivity contribution in [2.75, 3.05) is 27.3 Å². The second-order valence-electron chi connectivity index (χ2n) is 4.96. The first kappa shape index (κ1) is 15.8. The summed E-state index contributed by atoms with van der Waals surface area (Å²) < 4.78 is 10.7. The number of esters is 1. The van der Waals surface area contributed by atoms with Gasteiger partial charge in [0.2, 0.25) is 0 Å². The summed E-state index contributed by atoms with van der Waals surface area (Å²) in [6, 6.07) is 5.22. The van der Waals surface area contributed by atoms with Crippen molar-refractivity contribution in [1.82, 2.24) is 4.90 Å². The van der Waals surface area contributed by atoms with E-state index in [0.29, 0.717) is 24.4 Å². The van der Waals surface area contributed by atoms with E-state index in [0.717, 1.165) is 17.3 Å². The molecule has 1 atom stereocenters. The Morgan fingerprint density at radius 1 is 1.33 bits per heavy atom. The number of piperidine rings is 1. The topological polar surface area (TPSA) is 55.8 Å². The van der Waals surface area contributed by atoms with Crippen LogP contribution in [-0.2, 0) is 9.53 Å². The van der Waals surface area contributed by atoms with Crippen LogP contribution in [0.25, 0.3) is 0 Å². The summed E-state index contributed by atoms with van der Waals surface area (Å²) in [5.74, 6) is 0.127. The van der Waals surface area contributed by atoms with Crippen LogP contribution in [0.1, 0.15) is 23.2 Å². The molecule has 6 heteroatoms. The zero-order valence-electron chi connectivity index (χ0n) is 12.1. The lowest BCUT2D eigenvalue weighted by Gasteiger charge is -2.31. The van der Waals surface area contributed by atoms with E-state index in [-0.39, 0.29) is 17.8 Å². The van der Waals surface area contributed by atoms with Gasteiger partial charge < -0.3 is 14.4 Å². The fraction of sp³-hybridized carbons (Fsp3) is 0.467.